The topological polar surface area (TPSA) is 67.5 Å². The van der Waals surface area contributed by atoms with Crippen LogP contribution in [-0.4, -0.2) is 20.9 Å². The Kier molecular flexibility index (Phi) is 2.38. The van der Waals surface area contributed by atoms with Gasteiger partial charge in [0.1, 0.15) is 0 Å². The van der Waals surface area contributed by atoms with E-state index in [9.17, 15) is 9.90 Å². The summed E-state index contributed by atoms with van der Waals surface area (Å²) in [4.78, 5) is 20.0. The molecule has 0 spiro atoms. The highest BCUT2D eigenvalue weighted by molar-refractivity contribution is 7.10. The molecular weight excluding hydrogens is 250 g/mol. The Morgan fingerprint density at radius 2 is 2.33 bits per heavy atom. The highest BCUT2D eigenvalue weighted by Crippen LogP contribution is 2.33. The number of rotatable bonds is 1. The number of aromatic hydroxyl groups is 1. The van der Waals surface area contributed by atoms with Crippen molar-refractivity contribution in [3.8, 4) is 5.88 Å². The number of hydrogen-bond donors (Lipinski definition) is 1. The van der Waals surface area contributed by atoms with E-state index in [1.165, 1.54) is 11.6 Å². The van der Waals surface area contributed by atoms with Crippen LogP contribution in [0.4, 0.5) is 5.69 Å². The minimum atomic E-state index is -0.191. The van der Waals surface area contributed by atoms with Gasteiger partial charge in [0, 0.05) is 30.6 Å². The molecule has 0 saturated heterocycles. The number of aliphatic imine (C=N–C) groups is 1. The molecule has 6 heteroatoms. The van der Waals surface area contributed by atoms with Gasteiger partial charge < -0.3 is 5.11 Å². The molecule has 0 amide bonds. The van der Waals surface area contributed by atoms with Crippen LogP contribution in [0.5, 0.6) is 5.88 Å². The molecule has 5 nitrogen and oxygen atoms in total. The molecule has 3 heterocycles. The van der Waals surface area contributed by atoms with Crippen LogP contribution in [0, 0.1) is 0 Å². The molecule has 0 unspecified atom stereocenters. The van der Waals surface area contributed by atoms with E-state index < -0.39 is 0 Å². The van der Waals surface area contributed by atoms with E-state index in [1.807, 2.05) is 6.07 Å². The van der Waals surface area contributed by atoms with Gasteiger partial charge in [-0.05, 0) is 12.1 Å². The fourth-order valence-electron chi connectivity index (χ4n) is 1.75. The van der Waals surface area contributed by atoms with E-state index in [0.29, 0.717) is 4.88 Å². The van der Waals surface area contributed by atoms with Crippen molar-refractivity contribution in [1.82, 2.24) is 9.55 Å². The van der Waals surface area contributed by atoms with Gasteiger partial charge in [0.15, 0.2) is 0 Å². The second-order valence-electron chi connectivity index (χ2n) is 3.87. The predicted molar refractivity (Wildman–Crippen MR) is 71.5 cm³/mol. The lowest BCUT2D eigenvalue weighted by Gasteiger charge is -1.98. The first-order valence-corrected chi connectivity index (χ1v) is 6.07. The van der Waals surface area contributed by atoms with Gasteiger partial charge in [0.2, 0.25) is 5.88 Å². The van der Waals surface area contributed by atoms with Crippen molar-refractivity contribution < 1.29 is 5.11 Å². The Hall–Kier alpha value is -2.21. The van der Waals surface area contributed by atoms with Crippen LogP contribution in [0.3, 0.4) is 0 Å². The number of nitrogens with zero attached hydrogens (tertiary/aromatic N) is 3. The van der Waals surface area contributed by atoms with Gasteiger partial charge in [-0.2, -0.15) is 0 Å². The van der Waals surface area contributed by atoms with E-state index in [-0.39, 0.29) is 10.8 Å². The zero-order chi connectivity index (χ0) is 12.7. The van der Waals surface area contributed by atoms with Crippen LogP contribution < -0.4 is 4.87 Å². The lowest BCUT2D eigenvalue weighted by Crippen LogP contribution is -2.05. The molecule has 0 atom stereocenters. The average molecular weight is 259 g/mol. The van der Waals surface area contributed by atoms with E-state index in [1.54, 1.807) is 24.7 Å². The van der Waals surface area contributed by atoms with E-state index in [0.717, 1.165) is 28.2 Å². The summed E-state index contributed by atoms with van der Waals surface area (Å²) in [5, 5.41) is 9.80. The van der Waals surface area contributed by atoms with Gasteiger partial charge in [0.05, 0.1) is 16.8 Å². The van der Waals surface area contributed by atoms with Gasteiger partial charge in [-0.1, -0.05) is 11.3 Å². The van der Waals surface area contributed by atoms with Crippen molar-refractivity contribution in [2.24, 2.45) is 12.0 Å². The van der Waals surface area contributed by atoms with Crippen LogP contribution in [0.25, 0.3) is 11.6 Å². The third-order valence-corrected chi connectivity index (χ3v) is 3.72. The highest BCUT2D eigenvalue weighted by atomic mass is 32.1. The van der Waals surface area contributed by atoms with E-state index >= 15 is 0 Å². The molecule has 0 aliphatic carbocycles. The van der Waals surface area contributed by atoms with Crippen LogP contribution >= 0.6 is 11.3 Å². The Morgan fingerprint density at radius 3 is 3.06 bits per heavy atom. The zero-order valence-corrected chi connectivity index (χ0v) is 10.3. The van der Waals surface area contributed by atoms with Crippen molar-refractivity contribution in [2.45, 2.75) is 0 Å². The third kappa shape index (κ3) is 1.58. The molecule has 0 bridgehead atoms. The summed E-state index contributed by atoms with van der Waals surface area (Å²) in [6.07, 6.45) is 6.83. The Morgan fingerprint density at radius 1 is 1.50 bits per heavy atom. The molecule has 3 rings (SSSR count). The summed E-state index contributed by atoms with van der Waals surface area (Å²) in [6.45, 7) is 0. The summed E-state index contributed by atoms with van der Waals surface area (Å²) in [5.74, 6) is -0.0200. The molecule has 0 saturated carbocycles. The van der Waals surface area contributed by atoms with Crippen LogP contribution in [-0.2, 0) is 7.05 Å². The molecule has 0 radical (unpaired) electrons. The van der Waals surface area contributed by atoms with Gasteiger partial charge in [-0.25, -0.2) is 0 Å². The quantitative estimate of drug-likeness (QED) is 0.849. The van der Waals surface area contributed by atoms with Gasteiger partial charge in [0.25, 0.3) is 0 Å². The molecule has 18 heavy (non-hydrogen) atoms. The van der Waals surface area contributed by atoms with Crippen molar-refractivity contribution in [1.29, 1.82) is 0 Å². The molecule has 2 aromatic rings. The second-order valence-corrected chi connectivity index (χ2v) is 4.86. The average Bonchev–Trinajstić information content (AvgIpc) is 2.89. The number of aromatic nitrogens is 2. The lowest BCUT2D eigenvalue weighted by molar-refractivity contribution is 0.428. The molecular formula is C12H9N3O2S. The molecule has 1 N–H and O–H groups in total. The smallest absolute Gasteiger partial charge is 0.310 e. The lowest BCUT2D eigenvalue weighted by atomic mass is 10.1. The van der Waals surface area contributed by atoms with Crippen LogP contribution in [0.1, 0.15) is 10.4 Å². The molecule has 0 fully saturated rings. The van der Waals surface area contributed by atoms with Crippen molar-refractivity contribution in [3.05, 3.63) is 38.6 Å². The SMILES string of the molecule is Cn1c(O)c(C=C2C=Nc3cnccc32)sc1=O. The Balaban J connectivity index is 2.12. The highest BCUT2D eigenvalue weighted by Gasteiger charge is 2.14. The number of hydrogen-bond acceptors (Lipinski definition) is 5. The summed E-state index contributed by atoms with van der Waals surface area (Å²) in [6, 6.07) is 1.86. The van der Waals surface area contributed by atoms with Gasteiger partial charge >= 0.3 is 4.87 Å². The number of fused-ring (bicyclic) bond motifs is 1. The number of pyridine rings is 1. The standard InChI is InChI=1S/C12H9N3O2S/c1-15-11(16)10(18-12(15)17)4-7-5-14-9-6-13-3-2-8(7)9/h2-6,16H,1H3. The summed E-state index contributed by atoms with van der Waals surface area (Å²) >= 11 is 1.01. The normalized spacial score (nSPS) is 15.3. The maximum Gasteiger partial charge on any atom is 0.310 e. The van der Waals surface area contributed by atoms with Crippen molar-refractivity contribution in [3.63, 3.8) is 0 Å². The van der Waals surface area contributed by atoms with Gasteiger partial charge in [-0.15, -0.1) is 0 Å². The number of allylic oxidation sites excluding steroid dienone is 1. The van der Waals surface area contributed by atoms with Crippen LogP contribution in [0.2, 0.25) is 0 Å². The summed E-state index contributed by atoms with van der Waals surface area (Å²) in [5.41, 5.74) is 2.61. The first-order valence-electron chi connectivity index (χ1n) is 5.26. The Labute approximate surface area is 106 Å². The maximum atomic E-state index is 11.4. The molecule has 2 aromatic heterocycles. The van der Waals surface area contributed by atoms with Crippen LogP contribution in [0.15, 0.2) is 28.2 Å². The third-order valence-electron chi connectivity index (χ3n) is 2.75. The first kappa shape index (κ1) is 10.9. The second kappa shape index (κ2) is 3.92. The predicted octanol–water partition coefficient (Wildman–Crippen LogP) is 1.80. The van der Waals surface area contributed by atoms with Gasteiger partial charge in [-0.3, -0.25) is 19.3 Å². The molecule has 1 aliphatic rings. The minimum absolute atomic E-state index is 0.0200. The van der Waals surface area contributed by atoms with Crippen molar-refractivity contribution >= 4 is 34.9 Å². The largest absolute Gasteiger partial charge is 0.493 e. The zero-order valence-electron chi connectivity index (χ0n) is 9.49. The first-order chi connectivity index (χ1) is 8.66. The van der Waals surface area contributed by atoms with E-state index in [2.05, 4.69) is 9.98 Å². The Bertz CT molecular complexity index is 740. The van der Waals surface area contributed by atoms with Crippen molar-refractivity contribution in [2.75, 3.05) is 0 Å². The monoisotopic (exact) mass is 259 g/mol. The van der Waals surface area contributed by atoms with E-state index in [4.69, 9.17) is 0 Å². The molecule has 1 aliphatic heterocycles. The summed E-state index contributed by atoms with van der Waals surface area (Å²) < 4.78 is 1.22. The fraction of sp³-hybridized carbons (Fsp3) is 0.0833. The number of thiazole rings is 1. The molecule has 90 valence electrons. The fourth-order valence-corrected chi connectivity index (χ4v) is 2.58. The molecule has 0 aromatic carbocycles. The maximum absolute atomic E-state index is 11.4. The summed E-state index contributed by atoms with van der Waals surface area (Å²) in [7, 11) is 1.54. The minimum Gasteiger partial charge on any atom is -0.493 e.